The average molecular weight is 347 g/mol. The van der Waals surface area contributed by atoms with Crippen LogP contribution in [0.4, 0.5) is 22.4 Å². The van der Waals surface area contributed by atoms with Gasteiger partial charge in [0, 0.05) is 25.2 Å². The van der Waals surface area contributed by atoms with E-state index in [2.05, 4.69) is 5.32 Å². The minimum atomic E-state index is -4.80. The maximum atomic E-state index is 13.9. The first kappa shape index (κ1) is 18.0. The molecule has 5 nitrogen and oxygen atoms in total. The van der Waals surface area contributed by atoms with Crippen LogP contribution in [0.15, 0.2) is 18.2 Å². The monoisotopic (exact) mass is 347 g/mol. The summed E-state index contributed by atoms with van der Waals surface area (Å²) in [5, 5.41) is 2.38. The van der Waals surface area contributed by atoms with E-state index < -0.39 is 35.4 Å². The smallest absolute Gasteiger partial charge is 0.369 e. The first-order valence-electron chi connectivity index (χ1n) is 7.37. The first-order chi connectivity index (χ1) is 11.2. The topological polar surface area (TPSA) is 75.4 Å². The van der Waals surface area contributed by atoms with Crippen LogP contribution in [-0.4, -0.2) is 29.9 Å². The summed E-state index contributed by atoms with van der Waals surface area (Å²) in [5.74, 6) is -2.36. The van der Waals surface area contributed by atoms with Crippen LogP contribution < -0.4 is 11.1 Å². The number of nitrogens with one attached hydrogen (secondary N) is 1. The van der Waals surface area contributed by atoms with Crippen molar-refractivity contribution < 1.29 is 27.2 Å². The van der Waals surface area contributed by atoms with Gasteiger partial charge in [0.2, 0.25) is 5.91 Å². The molecule has 1 saturated heterocycles. The molecule has 3 amide bonds. The molecule has 132 valence electrons. The predicted octanol–water partition coefficient (Wildman–Crippen LogP) is 2.25. The van der Waals surface area contributed by atoms with Crippen LogP contribution in [0, 0.1) is 11.7 Å². The highest BCUT2D eigenvalue weighted by molar-refractivity contribution is 5.79. The van der Waals surface area contributed by atoms with Crippen LogP contribution in [-0.2, 0) is 17.5 Å². The van der Waals surface area contributed by atoms with Crippen molar-refractivity contribution in [2.24, 2.45) is 11.7 Å². The number of hydrogen-bond acceptors (Lipinski definition) is 2. The van der Waals surface area contributed by atoms with Crippen molar-refractivity contribution in [3.05, 3.63) is 35.1 Å². The van der Waals surface area contributed by atoms with Crippen molar-refractivity contribution in [3.8, 4) is 0 Å². The largest absolute Gasteiger partial charge is 0.419 e. The Labute approximate surface area is 135 Å². The zero-order valence-corrected chi connectivity index (χ0v) is 12.7. The van der Waals surface area contributed by atoms with Gasteiger partial charge in [0.25, 0.3) is 0 Å². The number of alkyl halides is 3. The third kappa shape index (κ3) is 4.15. The summed E-state index contributed by atoms with van der Waals surface area (Å²) in [6.07, 6.45) is -3.62. The summed E-state index contributed by atoms with van der Waals surface area (Å²) in [6, 6.07) is 2.32. The Bertz CT molecular complexity index is 634. The third-order valence-corrected chi connectivity index (χ3v) is 3.93. The van der Waals surface area contributed by atoms with E-state index in [0.29, 0.717) is 25.5 Å². The van der Waals surface area contributed by atoms with Crippen molar-refractivity contribution in [2.75, 3.05) is 13.1 Å². The molecule has 1 atom stereocenters. The number of nitrogens with zero attached hydrogens (tertiary/aromatic N) is 1. The minimum absolute atomic E-state index is 0.145. The average Bonchev–Trinajstić information content (AvgIpc) is 2.52. The molecule has 24 heavy (non-hydrogen) atoms. The molecular weight excluding hydrogens is 330 g/mol. The normalized spacial score (nSPS) is 18.3. The van der Waals surface area contributed by atoms with Crippen molar-refractivity contribution in [3.63, 3.8) is 0 Å². The van der Waals surface area contributed by atoms with E-state index >= 15 is 0 Å². The Hall–Kier alpha value is -2.32. The Balaban J connectivity index is 2.01. The second kappa shape index (κ2) is 7.06. The van der Waals surface area contributed by atoms with Crippen LogP contribution in [0.5, 0.6) is 0 Å². The van der Waals surface area contributed by atoms with Crippen LogP contribution in [0.3, 0.4) is 0 Å². The second-order valence-corrected chi connectivity index (χ2v) is 5.62. The molecule has 0 aromatic heterocycles. The molecule has 3 N–H and O–H groups in total. The number of amides is 3. The van der Waals surface area contributed by atoms with Crippen molar-refractivity contribution in [2.45, 2.75) is 25.6 Å². The fraction of sp³-hybridized carbons (Fsp3) is 0.467. The summed E-state index contributed by atoms with van der Waals surface area (Å²) in [4.78, 5) is 24.6. The van der Waals surface area contributed by atoms with E-state index in [0.717, 1.165) is 6.07 Å². The van der Waals surface area contributed by atoms with Gasteiger partial charge in [-0.1, -0.05) is 12.1 Å². The summed E-state index contributed by atoms with van der Waals surface area (Å²) >= 11 is 0. The molecule has 1 aromatic rings. The number of urea groups is 1. The molecule has 0 saturated carbocycles. The van der Waals surface area contributed by atoms with Gasteiger partial charge in [-0.3, -0.25) is 4.79 Å². The summed E-state index contributed by atoms with van der Waals surface area (Å²) in [7, 11) is 0. The number of rotatable bonds is 3. The highest BCUT2D eigenvalue weighted by Crippen LogP contribution is 2.32. The highest BCUT2D eigenvalue weighted by Gasteiger charge is 2.35. The summed E-state index contributed by atoms with van der Waals surface area (Å²) in [5.41, 5.74) is 3.58. The van der Waals surface area contributed by atoms with E-state index in [9.17, 15) is 27.2 Å². The first-order valence-corrected chi connectivity index (χ1v) is 7.37. The van der Waals surface area contributed by atoms with Crippen LogP contribution in [0.1, 0.15) is 24.0 Å². The number of piperidine rings is 1. The van der Waals surface area contributed by atoms with Gasteiger partial charge in [0.1, 0.15) is 5.82 Å². The van der Waals surface area contributed by atoms with E-state index in [-0.39, 0.29) is 18.7 Å². The fourth-order valence-electron chi connectivity index (χ4n) is 2.61. The van der Waals surface area contributed by atoms with Gasteiger partial charge in [0.15, 0.2) is 0 Å². The fourth-order valence-corrected chi connectivity index (χ4v) is 2.61. The molecule has 0 bridgehead atoms. The Morgan fingerprint density at radius 2 is 2.04 bits per heavy atom. The zero-order valence-electron chi connectivity index (χ0n) is 12.7. The number of benzene rings is 1. The van der Waals surface area contributed by atoms with Crippen LogP contribution in [0.25, 0.3) is 0 Å². The lowest BCUT2D eigenvalue weighted by atomic mass is 9.98. The van der Waals surface area contributed by atoms with Crippen molar-refractivity contribution >= 4 is 11.9 Å². The standard InChI is InChI=1S/C15H17F4N3O2/c16-12-9(3-1-5-11(12)15(17,18)19)7-21-14(24)22-6-2-4-10(8-22)13(20)23/h1,3,5,10H,2,4,6-8H2,(H2,20,23)(H,21,24)/t10-/m0/s1. The lowest BCUT2D eigenvalue weighted by molar-refractivity contribution is -0.140. The molecule has 1 aromatic carbocycles. The third-order valence-electron chi connectivity index (χ3n) is 3.93. The Morgan fingerprint density at radius 3 is 2.67 bits per heavy atom. The number of halogens is 4. The molecule has 0 aliphatic carbocycles. The van der Waals surface area contributed by atoms with Gasteiger partial charge >= 0.3 is 12.2 Å². The van der Waals surface area contributed by atoms with E-state index in [1.807, 2.05) is 0 Å². The molecule has 2 rings (SSSR count). The summed E-state index contributed by atoms with van der Waals surface area (Å²) in [6.45, 7) is 0.166. The lowest BCUT2D eigenvalue weighted by Gasteiger charge is -2.31. The van der Waals surface area contributed by atoms with Crippen molar-refractivity contribution in [1.82, 2.24) is 10.2 Å². The van der Waals surface area contributed by atoms with Crippen LogP contribution in [0.2, 0.25) is 0 Å². The molecule has 0 unspecified atom stereocenters. The SMILES string of the molecule is NC(=O)[C@H]1CCCN(C(=O)NCc2cccc(C(F)(F)F)c2F)C1. The molecule has 0 spiro atoms. The van der Waals surface area contributed by atoms with Gasteiger partial charge in [-0.15, -0.1) is 0 Å². The maximum Gasteiger partial charge on any atom is 0.419 e. The number of primary amides is 1. The molecule has 1 aliphatic heterocycles. The predicted molar refractivity (Wildman–Crippen MR) is 77.1 cm³/mol. The zero-order chi connectivity index (χ0) is 17.9. The molecular formula is C15H17F4N3O2. The molecule has 1 heterocycles. The summed E-state index contributed by atoms with van der Waals surface area (Å²) < 4.78 is 51.9. The quantitative estimate of drug-likeness (QED) is 0.823. The number of carbonyl (C=O) groups excluding carboxylic acids is 2. The minimum Gasteiger partial charge on any atom is -0.369 e. The van der Waals surface area contributed by atoms with Gasteiger partial charge in [0.05, 0.1) is 11.5 Å². The lowest BCUT2D eigenvalue weighted by Crippen LogP contribution is -2.48. The van der Waals surface area contributed by atoms with Gasteiger partial charge in [-0.25, -0.2) is 9.18 Å². The van der Waals surface area contributed by atoms with Crippen molar-refractivity contribution in [1.29, 1.82) is 0 Å². The molecule has 0 radical (unpaired) electrons. The molecule has 9 heteroatoms. The van der Waals surface area contributed by atoms with E-state index in [1.54, 1.807) is 0 Å². The van der Waals surface area contributed by atoms with E-state index in [4.69, 9.17) is 5.73 Å². The van der Waals surface area contributed by atoms with Crippen LogP contribution >= 0.6 is 0 Å². The van der Waals surface area contributed by atoms with Gasteiger partial charge in [-0.05, 0) is 18.9 Å². The maximum absolute atomic E-state index is 13.9. The van der Waals surface area contributed by atoms with Gasteiger partial charge in [-0.2, -0.15) is 13.2 Å². The number of hydrogen-bond donors (Lipinski definition) is 2. The van der Waals surface area contributed by atoms with Gasteiger partial charge < -0.3 is 16.0 Å². The number of nitrogens with two attached hydrogens (primary N) is 1. The number of carbonyl (C=O) groups is 2. The van der Waals surface area contributed by atoms with E-state index in [1.165, 1.54) is 11.0 Å². The highest BCUT2D eigenvalue weighted by atomic mass is 19.4. The Morgan fingerprint density at radius 1 is 1.33 bits per heavy atom. The molecule has 1 fully saturated rings. The molecule has 1 aliphatic rings. The second-order valence-electron chi connectivity index (χ2n) is 5.62. The number of likely N-dealkylation sites (tertiary alicyclic amines) is 1. The Kier molecular flexibility index (Phi) is 5.30.